The van der Waals surface area contributed by atoms with Gasteiger partial charge < -0.3 is 0 Å². The van der Waals surface area contributed by atoms with Gasteiger partial charge in [0.05, 0.1) is 17.3 Å². The van der Waals surface area contributed by atoms with Crippen molar-refractivity contribution < 1.29 is 0 Å². The van der Waals surface area contributed by atoms with Gasteiger partial charge >= 0.3 is 0 Å². The quantitative estimate of drug-likeness (QED) is 0.287. The summed E-state index contributed by atoms with van der Waals surface area (Å²) in [6.07, 6.45) is 1.77. The third-order valence-corrected chi connectivity index (χ3v) is 4.74. The van der Waals surface area contributed by atoms with E-state index in [0.717, 1.165) is 22.4 Å². The standard InChI is InChI=1S/C30H18N2/c31-22-26-10-12-27(13-11-26)23-32-30-20-16-25(17-21-30)7-5-4-6-24-14-18-29(19-15-24)28-8-2-1-3-9-28/h1-3,8-21,23H. The monoisotopic (exact) mass is 406 g/mol. The molecule has 0 aromatic heterocycles. The maximum absolute atomic E-state index is 8.84. The van der Waals surface area contributed by atoms with E-state index < -0.39 is 0 Å². The van der Waals surface area contributed by atoms with E-state index in [9.17, 15) is 0 Å². The van der Waals surface area contributed by atoms with Gasteiger partial charge in [-0.25, -0.2) is 0 Å². The second-order valence-corrected chi connectivity index (χ2v) is 6.98. The molecule has 2 heteroatoms. The van der Waals surface area contributed by atoms with E-state index in [2.05, 4.69) is 59.0 Å². The van der Waals surface area contributed by atoms with Crippen LogP contribution in [0.25, 0.3) is 11.1 Å². The molecule has 0 radical (unpaired) electrons. The van der Waals surface area contributed by atoms with E-state index in [1.807, 2.05) is 66.7 Å². The molecule has 0 fully saturated rings. The molecular formula is C30H18N2. The minimum Gasteiger partial charge on any atom is -0.256 e. The Labute approximate surface area is 188 Å². The molecule has 0 amide bonds. The number of aliphatic imine (C=N–C) groups is 1. The summed E-state index contributed by atoms with van der Waals surface area (Å²) in [4.78, 5) is 4.45. The average Bonchev–Trinajstić information content (AvgIpc) is 2.87. The number of rotatable bonds is 3. The fraction of sp³-hybridized carbons (Fsp3) is 0. The zero-order chi connectivity index (χ0) is 22.0. The molecule has 0 heterocycles. The van der Waals surface area contributed by atoms with Gasteiger partial charge in [0, 0.05) is 17.3 Å². The fourth-order valence-corrected chi connectivity index (χ4v) is 3.01. The van der Waals surface area contributed by atoms with Gasteiger partial charge in [-0.15, -0.1) is 0 Å². The van der Waals surface area contributed by atoms with Gasteiger partial charge in [0.1, 0.15) is 0 Å². The maximum Gasteiger partial charge on any atom is 0.0991 e. The van der Waals surface area contributed by atoms with Crippen LogP contribution in [-0.2, 0) is 0 Å². The van der Waals surface area contributed by atoms with Crippen LogP contribution in [0.4, 0.5) is 5.69 Å². The highest BCUT2D eigenvalue weighted by Gasteiger charge is 1.95. The van der Waals surface area contributed by atoms with Gasteiger partial charge in [0.25, 0.3) is 0 Å². The van der Waals surface area contributed by atoms with Gasteiger partial charge in [-0.2, -0.15) is 5.26 Å². The zero-order valence-electron chi connectivity index (χ0n) is 17.3. The molecule has 4 rings (SSSR count). The number of nitrogens with zero attached hydrogens (tertiary/aromatic N) is 2. The molecule has 0 saturated carbocycles. The van der Waals surface area contributed by atoms with E-state index >= 15 is 0 Å². The number of benzene rings is 4. The minimum absolute atomic E-state index is 0.636. The Morgan fingerprint density at radius 3 is 1.69 bits per heavy atom. The van der Waals surface area contributed by atoms with Crippen LogP contribution in [-0.4, -0.2) is 6.21 Å². The summed E-state index contributed by atoms with van der Waals surface area (Å²) in [6, 6.07) is 35.5. The lowest BCUT2D eigenvalue weighted by Gasteiger charge is -2.00. The summed E-state index contributed by atoms with van der Waals surface area (Å²) < 4.78 is 0. The molecule has 0 atom stereocenters. The summed E-state index contributed by atoms with van der Waals surface area (Å²) in [6.45, 7) is 0. The van der Waals surface area contributed by atoms with Crippen molar-refractivity contribution in [3.8, 4) is 40.9 Å². The van der Waals surface area contributed by atoms with Crippen molar-refractivity contribution in [3.63, 3.8) is 0 Å². The maximum atomic E-state index is 8.84. The van der Waals surface area contributed by atoms with Crippen LogP contribution in [0.1, 0.15) is 22.3 Å². The first-order valence-corrected chi connectivity index (χ1v) is 10.1. The molecule has 0 aliphatic carbocycles. The smallest absolute Gasteiger partial charge is 0.0991 e. The first-order chi connectivity index (χ1) is 15.8. The molecule has 0 aliphatic rings. The van der Waals surface area contributed by atoms with Gasteiger partial charge in [-0.3, -0.25) is 4.99 Å². The van der Waals surface area contributed by atoms with Crippen LogP contribution in [0, 0.1) is 35.0 Å². The SMILES string of the molecule is N#Cc1ccc(C=Nc2ccc(C#CC#Cc3ccc(-c4ccccc4)cc3)cc2)cc1. The Kier molecular flexibility index (Phi) is 6.56. The normalized spacial score (nSPS) is 9.84. The Morgan fingerprint density at radius 2 is 1.09 bits per heavy atom. The molecule has 0 N–H and O–H groups in total. The predicted molar refractivity (Wildman–Crippen MR) is 130 cm³/mol. The first kappa shape index (κ1) is 20.4. The summed E-state index contributed by atoms with van der Waals surface area (Å²) in [5, 5.41) is 8.84. The van der Waals surface area contributed by atoms with Crippen LogP contribution in [0.15, 0.2) is 108 Å². The number of nitriles is 1. The molecule has 148 valence electrons. The lowest BCUT2D eigenvalue weighted by molar-refractivity contribution is 1.47. The summed E-state index contributed by atoms with van der Waals surface area (Å²) in [7, 11) is 0. The molecule has 32 heavy (non-hydrogen) atoms. The van der Waals surface area contributed by atoms with E-state index in [4.69, 9.17) is 5.26 Å². The number of hydrogen-bond acceptors (Lipinski definition) is 2. The van der Waals surface area contributed by atoms with Gasteiger partial charge in [0.15, 0.2) is 0 Å². The predicted octanol–water partition coefficient (Wildman–Crippen LogP) is 6.38. The van der Waals surface area contributed by atoms with E-state index in [1.54, 1.807) is 18.3 Å². The van der Waals surface area contributed by atoms with Crippen LogP contribution >= 0.6 is 0 Å². The highest BCUT2D eigenvalue weighted by atomic mass is 14.7. The summed E-state index contributed by atoms with van der Waals surface area (Å²) in [5.74, 6) is 12.0. The Balaban J connectivity index is 1.37. The van der Waals surface area contributed by atoms with Crippen molar-refractivity contribution in [2.24, 2.45) is 4.99 Å². The van der Waals surface area contributed by atoms with Crippen LogP contribution in [0.3, 0.4) is 0 Å². The molecule has 4 aromatic rings. The average molecular weight is 406 g/mol. The minimum atomic E-state index is 0.636. The van der Waals surface area contributed by atoms with Gasteiger partial charge in [-0.05, 0) is 77.1 Å². The lowest BCUT2D eigenvalue weighted by Crippen LogP contribution is -1.81. The van der Waals surface area contributed by atoms with Crippen LogP contribution in [0.5, 0.6) is 0 Å². The second-order valence-electron chi connectivity index (χ2n) is 6.98. The third kappa shape index (κ3) is 5.61. The van der Waals surface area contributed by atoms with Crippen molar-refractivity contribution in [1.29, 1.82) is 5.26 Å². The van der Waals surface area contributed by atoms with Crippen molar-refractivity contribution in [2.75, 3.05) is 0 Å². The molecule has 4 aromatic carbocycles. The van der Waals surface area contributed by atoms with Crippen molar-refractivity contribution in [2.45, 2.75) is 0 Å². The molecule has 0 aliphatic heterocycles. The topological polar surface area (TPSA) is 36.1 Å². The van der Waals surface area contributed by atoms with Gasteiger partial charge in [0.2, 0.25) is 0 Å². The van der Waals surface area contributed by atoms with Crippen molar-refractivity contribution in [3.05, 3.63) is 125 Å². The van der Waals surface area contributed by atoms with E-state index in [1.165, 1.54) is 11.1 Å². The van der Waals surface area contributed by atoms with Crippen molar-refractivity contribution >= 4 is 11.9 Å². The third-order valence-electron chi connectivity index (χ3n) is 4.74. The fourth-order valence-electron chi connectivity index (χ4n) is 3.01. The Morgan fingerprint density at radius 1 is 0.562 bits per heavy atom. The highest BCUT2D eigenvalue weighted by molar-refractivity contribution is 5.82. The van der Waals surface area contributed by atoms with Gasteiger partial charge in [-0.1, -0.05) is 66.4 Å². The largest absolute Gasteiger partial charge is 0.256 e. The lowest BCUT2D eigenvalue weighted by atomic mass is 10.0. The summed E-state index contributed by atoms with van der Waals surface area (Å²) in [5.41, 5.74) is 6.60. The molecule has 0 unspecified atom stereocenters. The highest BCUT2D eigenvalue weighted by Crippen LogP contribution is 2.19. The second kappa shape index (κ2) is 10.3. The molecular weight excluding hydrogens is 388 g/mol. The Bertz CT molecular complexity index is 1380. The molecule has 0 bridgehead atoms. The van der Waals surface area contributed by atoms with E-state index in [-0.39, 0.29) is 0 Å². The van der Waals surface area contributed by atoms with E-state index in [0.29, 0.717) is 5.56 Å². The molecule has 2 nitrogen and oxygen atoms in total. The zero-order valence-corrected chi connectivity index (χ0v) is 17.3. The summed E-state index contributed by atoms with van der Waals surface area (Å²) >= 11 is 0. The Hall–Kier alpha value is -4.84. The molecule has 0 spiro atoms. The van der Waals surface area contributed by atoms with Crippen LogP contribution in [0.2, 0.25) is 0 Å². The molecule has 0 saturated heterocycles. The van der Waals surface area contributed by atoms with Crippen molar-refractivity contribution in [1.82, 2.24) is 0 Å². The first-order valence-electron chi connectivity index (χ1n) is 10.1. The number of hydrogen-bond donors (Lipinski definition) is 0. The van der Waals surface area contributed by atoms with Crippen LogP contribution < -0.4 is 0 Å².